The summed E-state index contributed by atoms with van der Waals surface area (Å²) in [7, 11) is 0. The maximum absolute atomic E-state index is 4.26. The summed E-state index contributed by atoms with van der Waals surface area (Å²) < 4.78 is 0. The van der Waals surface area contributed by atoms with Gasteiger partial charge in [-0.05, 0) is 17.9 Å². The van der Waals surface area contributed by atoms with Crippen molar-refractivity contribution >= 4 is 11.3 Å². The lowest BCUT2D eigenvalue weighted by Gasteiger charge is -2.14. The van der Waals surface area contributed by atoms with Gasteiger partial charge in [-0.15, -0.1) is 21.5 Å². The first kappa shape index (κ1) is 14.6. The standard InChI is InChI=1S/C13H25N3S/c1-10(2)9-14-7-6-11-15-16-12(17-11)8-13(3,4)5/h10,14H,6-9H2,1-5H3. The van der Waals surface area contributed by atoms with Crippen molar-refractivity contribution in [2.24, 2.45) is 11.3 Å². The zero-order chi connectivity index (χ0) is 12.9. The van der Waals surface area contributed by atoms with E-state index >= 15 is 0 Å². The maximum Gasteiger partial charge on any atom is 0.118 e. The average molecular weight is 255 g/mol. The van der Waals surface area contributed by atoms with Crippen molar-refractivity contribution in [1.29, 1.82) is 0 Å². The average Bonchev–Trinajstić information content (AvgIpc) is 2.57. The van der Waals surface area contributed by atoms with Gasteiger partial charge < -0.3 is 5.32 Å². The van der Waals surface area contributed by atoms with Crippen LogP contribution in [-0.4, -0.2) is 23.3 Å². The fourth-order valence-electron chi connectivity index (χ4n) is 1.50. The predicted molar refractivity (Wildman–Crippen MR) is 74.5 cm³/mol. The molecule has 0 atom stereocenters. The smallest absolute Gasteiger partial charge is 0.118 e. The molecule has 1 aromatic rings. The van der Waals surface area contributed by atoms with E-state index in [4.69, 9.17) is 0 Å². The number of nitrogens with one attached hydrogen (secondary N) is 1. The van der Waals surface area contributed by atoms with E-state index in [-0.39, 0.29) is 0 Å². The van der Waals surface area contributed by atoms with E-state index < -0.39 is 0 Å². The van der Waals surface area contributed by atoms with E-state index in [1.54, 1.807) is 11.3 Å². The third-order valence-corrected chi connectivity index (χ3v) is 3.24. The van der Waals surface area contributed by atoms with Crippen molar-refractivity contribution in [3.63, 3.8) is 0 Å². The topological polar surface area (TPSA) is 37.8 Å². The quantitative estimate of drug-likeness (QED) is 0.794. The summed E-state index contributed by atoms with van der Waals surface area (Å²) in [6, 6.07) is 0. The first-order chi connectivity index (χ1) is 7.87. The molecule has 0 aromatic carbocycles. The van der Waals surface area contributed by atoms with Gasteiger partial charge in [0.15, 0.2) is 0 Å². The molecule has 0 unspecified atom stereocenters. The van der Waals surface area contributed by atoms with Crippen LogP contribution < -0.4 is 5.32 Å². The van der Waals surface area contributed by atoms with Gasteiger partial charge in [0, 0.05) is 19.4 Å². The van der Waals surface area contributed by atoms with Gasteiger partial charge >= 0.3 is 0 Å². The molecular weight excluding hydrogens is 230 g/mol. The number of nitrogens with zero attached hydrogens (tertiary/aromatic N) is 2. The van der Waals surface area contributed by atoms with E-state index in [1.807, 2.05) is 0 Å². The zero-order valence-electron chi connectivity index (χ0n) is 11.7. The zero-order valence-corrected chi connectivity index (χ0v) is 12.5. The van der Waals surface area contributed by atoms with Crippen molar-refractivity contribution < 1.29 is 0 Å². The van der Waals surface area contributed by atoms with Crippen LogP contribution in [0.15, 0.2) is 0 Å². The maximum atomic E-state index is 4.26. The molecule has 0 aliphatic rings. The summed E-state index contributed by atoms with van der Waals surface area (Å²) in [6.45, 7) is 13.2. The Labute approximate surface area is 109 Å². The lowest BCUT2D eigenvalue weighted by atomic mass is 9.93. The van der Waals surface area contributed by atoms with Gasteiger partial charge in [-0.3, -0.25) is 0 Å². The predicted octanol–water partition coefficient (Wildman–Crippen LogP) is 2.91. The molecule has 1 N–H and O–H groups in total. The number of rotatable bonds is 6. The van der Waals surface area contributed by atoms with Gasteiger partial charge in [0.25, 0.3) is 0 Å². The van der Waals surface area contributed by atoms with Gasteiger partial charge in [-0.25, -0.2) is 0 Å². The van der Waals surface area contributed by atoms with E-state index in [2.05, 4.69) is 50.1 Å². The van der Waals surface area contributed by atoms with E-state index in [9.17, 15) is 0 Å². The van der Waals surface area contributed by atoms with Crippen LogP contribution in [0.1, 0.15) is 44.6 Å². The fourth-order valence-corrected chi connectivity index (χ4v) is 2.65. The van der Waals surface area contributed by atoms with Crippen LogP contribution in [0.3, 0.4) is 0 Å². The highest BCUT2D eigenvalue weighted by Crippen LogP contribution is 2.22. The SMILES string of the molecule is CC(C)CNCCc1nnc(CC(C)(C)C)s1. The first-order valence-electron chi connectivity index (χ1n) is 6.39. The van der Waals surface area contributed by atoms with Gasteiger partial charge in [-0.2, -0.15) is 0 Å². The Hall–Kier alpha value is -0.480. The molecule has 17 heavy (non-hydrogen) atoms. The first-order valence-corrected chi connectivity index (χ1v) is 7.20. The largest absolute Gasteiger partial charge is 0.316 e. The fraction of sp³-hybridized carbons (Fsp3) is 0.846. The van der Waals surface area contributed by atoms with Crippen LogP contribution in [0.2, 0.25) is 0 Å². The van der Waals surface area contributed by atoms with Crippen molar-refractivity contribution in [1.82, 2.24) is 15.5 Å². The molecular formula is C13H25N3S. The molecule has 98 valence electrons. The van der Waals surface area contributed by atoms with Crippen molar-refractivity contribution in [3.8, 4) is 0 Å². The molecule has 3 nitrogen and oxygen atoms in total. The van der Waals surface area contributed by atoms with Crippen LogP contribution in [0.25, 0.3) is 0 Å². The molecule has 1 aromatic heterocycles. The third-order valence-electron chi connectivity index (χ3n) is 2.26. The monoisotopic (exact) mass is 255 g/mol. The van der Waals surface area contributed by atoms with Crippen LogP contribution in [0.4, 0.5) is 0 Å². The lowest BCUT2D eigenvalue weighted by molar-refractivity contribution is 0.409. The molecule has 0 spiro atoms. The van der Waals surface area contributed by atoms with Gasteiger partial charge in [0.2, 0.25) is 0 Å². The van der Waals surface area contributed by atoms with Crippen LogP contribution in [0, 0.1) is 11.3 Å². The molecule has 0 saturated carbocycles. The van der Waals surface area contributed by atoms with Gasteiger partial charge in [-0.1, -0.05) is 34.6 Å². The highest BCUT2D eigenvalue weighted by molar-refractivity contribution is 7.11. The van der Waals surface area contributed by atoms with Crippen molar-refractivity contribution in [3.05, 3.63) is 10.0 Å². The minimum atomic E-state index is 0.298. The molecule has 0 aliphatic heterocycles. The van der Waals surface area contributed by atoms with Gasteiger partial charge in [0.05, 0.1) is 0 Å². The number of aromatic nitrogens is 2. The van der Waals surface area contributed by atoms with Crippen molar-refractivity contribution in [2.45, 2.75) is 47.5 Å². The summed E-state index contributed by atoms with van der Waals surface area (Å²) in [5.41, 5.74) is 0.298. The highest BCUT2D eigenvalue weighted by atomic mass is 32.1. The minimum Gasteiger partial charge on any atom is -0.316 e. The van der Waals surface area contributed by atoms with E-state index in [0.29, 0.717) is 11.3 Å². The second-order valence-corrected chi connectivity index (χ2v) is 7.32. The van der Waals surface area contributed by atoms with E-state index in [0.717, 1.165) is 35.9 Å². The summed E-state index contributed by atoms with van der Waals surface area (Å²) in [5.74, 6) is 0.709. The molecule has 0 aliphatic carbocycles. The Kier molecular flexibility index (Phi) is 5.53. The number of hydrogen-bond donors (Lipinski definition) is 1. The highest BCUT2D eigenvalue weighted by Gasteiger charge is 2.14. The van der Waals surface area contributed by atoms with Crippen molar-refractivity contribution in [2.75, 3.05) is 13.1 Å². The normalized spacial score (nSPS) is 12.4. The molecule has 0 bridgehead atoms. The third kappa shape index (κ3) is 6.74. The number of hydrogen-bond acceptors (Lipinski definition) is 4. The molecule has 0 saturated heterocycles. The minimum absolute atomic E-state index is 0.298. The van der Waals surface area contributed by atoms with Crippen LogP contribution in [-0.2, 0) is 12.8 Å². The Morgan fingerprint density at radius 3 is 2.41 bits per heavy atom. The Morgan fingerprint density at radius 1 is 1.18 bits per heavy atom. The molecule has 0 radical (unpaired) electrons. The van der Waals surface area contributed by atoms with E-state index in [1.165, 1.54) is 0 Å². The summed E-state index contributed by atoms with van der Waals surface area (Å²) in [5, 5.41) is 14.2. The lowest BCUT2D eigenvalue weighted by Crippen LogP contribution is -2.22. The molecule has 4 heteroatoms. The summed E-state index contributed by atoms with van der Waals surface area (Å²) in [4.78, 5) is 0. The van der Waals surface area contributed by atoms with Gasteiger partial charge in [0.1, 0.15) is 10.0 Å². The second kappa shape index (κ2) is 6.45. The molecule has 1 rings (SSSR count). The summed E-state index contributed by atoms with van der Waals surface area (Å²) in [6.07, 6.45) is 2.01. The molecule has 1 heterocycles. The Morgan fingerprint density at radius 2 is 1.82 bits per heavy atom. The Balaban J connectivity index is 2.31. The van der Waals surface area contributed by atoms with Crippen LogP contribution >= 0.6 is 11.3 Å². The molecule has 0 fully saturated rings. The molecule has 0 amide bonds. The van der Waals surface area contributed by atoms with Crippen LogP contribution in [0.5, 0.6) is 0 Å². The second-order valence-electron chi connectivity index (χ2n) is 6.17. The summed E-state index contributed by atoms with van der Waals surface area (Å²) >= 11 is 1.76. The Bertz CT molecular complexity index is 326.